The Kier molecular flexibility index (Phi) is 5.16. The van der Waals surface area contributed by atoms with Crippen molar-refractivity contribution in [2.75, 3.05) is 0 Å². The van der Waals surface area contributed by atoms with Crippen molar-refractivity contribution in [1.29, 1.82) is 0 Å². The van der Waals surface area contributed by atoms with E-state index in [0.717, 1.165) is 18.4 Å². The summed E-state index contributed by atoms with van der Waals surface area (Å²) in [5.74, 6) is -28.3. The van der Waals surface area contributed by atoms with Gasteiger partial charge in [-0.1, -0.05) is 16.8 Å². The van der Waals surface area contributed by atoms with Gasteiger partial charge in [0.1, 0.15) is 12.0 Å². The second-order valence-corrected chi connectivity index (χ2v) is 5.85. The van der Waals surface area contributed by atoms with Gasteiger partial charge in [-0.2, -0.15) is 48.3 Å². The molecule has 156 valence electrons. The SMILES string of the molecule is FC(F)(F)C(F)(F)C(F)(F)C(F)(F)C(F)(F)c1cc(Cl)cc(-c2ccon2)c1. The van der Waals surface area contributed by atoms with Gasteiger partial charge in [0, 0.05) is 22.2 Å². The average molecular weight is 448 g/mol. The molecule has 0 aliphatic rings. The quantitative estimate of drug-likeness (QED) is 0.486. The summed E-state index contributed by atoms with van der Waals surface area (Å²) in [4.78, 5) is 0. The number of hydrogen-bond acceptors (Lipinski definition) is 2. The smallest absolute Gasteiger partial charge is 0.364 e. The van der Waals surface area contributed by atoms with Crippen LogP contribution in [0.2, 0.25) is 5.02 Å². The molecule has 2 aromatic rings. The van der Waals surface area contributed by atoms with Crippen LogP contribution in [0.5, 0.6) is 0 Å². The van der Waals surface area contributed by atoms with E-state index in [9.17, 15) is 48.3 Å². The van der Waals surface area contributed by atoms with Gasteiger partial charge in [-0.25, -0.2) is 0 Å². The topological polar surface area (TPSA) is 26.0 Å². The molecule has 2 nitrogen and oxygen atoms in total. The normalized spacial score (nSPS) is 14.4. The number of nitrogens with zero attached hydrogens (tertiary/aromatic N) is 1. The Labute approximate surface area is 152 Å². The molecular weight excluding hydrogens is 443 g/mol. The van der Waals surface area contributed by atoms with Crippen molar-refractivity contribution in [3.05, 3.63) is 41.1 Å². The minimum Gasteiger partial charge on any atom is -0.364 e. The number of alkyl halides is 11. The second-order valence-electron chi connectivity index (χ2n) is 5.41. The third-order valence-electron chi connectivity index (χ3n) is 3.53. The molecule has 0 spiro atoms. The van der Waals surface area contributed by atoms with Crippen molar-refractivity contribution < 1.29 is 52.8 Å². The van der Waals surface area contributed by atoms with Crippen molar-refractivity contribution in [1.82, 2.24) is 5.16 Å². The molecule has 0 bridgehead atoms. The van der Waals surface area contributed by atoms with Crippen molar-refractivity contribution >= 4 is 11.6 Å². The fourth-order valence-electron chi connectivity index (χ4n) is 2.03. The van der Waals surface area contributed by atoms with Crippen LogP contribution in [0.3, 0.4) is 0 Å². The monoisotopic (exact) mass is 447 g/mol. The summed E-state index contributed by atoms with van der Waals surface area (Å²) in [6.07, 6.45) is -6.31. The maximum Gasteiger partial charge on any atom is 0.460 e. The first-order valence-corrected chi connectivity index (χ1v) is 7.14. The van der Waals surface area contributed by atoms with E-state index in [2.05, 4.69) is 9.68 Å². The molecule has 2 rings (SSSR count). The Morgan fingerprint density at radius 2 is 1.32 bits per heavy atom. The van der Waals surface area contributed by atoms with E-state index in [1.807, 2.05) is 0 Å². The van der Waals surface area contributed by atoms with Crippen molar-refractivity contribution in [3.8, 4) is 11.3 Å². The molecule has 0 atom stereocenters. The lowest BCUT2D eigenvalue weighted by Gasteiger charge is -2.37. The first-order chi connectivity index (χ1) is 12.5. The van der Waals surface area contributed by atoms with E-state index in [4.69, 9.17) is 11.6 Å². The minimum atomic E-state index is -7.50. The maximum absolute atomic E-state index is 14.1. The van der Waals surface area contributed by atoms with E-state index < -0.39 is 46.0 Å². The molecular formula is C14H5ClF11NO. The van der Waals surface area contributed by atoms with Gasteiger partial charge in [0.05, 0.1) is 0 Å². The largest absolute Gasteiger partial charge is 0.460 e. The molecule has 0 fully saturated rings. The highest BCUT2D eigenvalue weighted by atomic mass is 35.5. The molecule has 14 heteroatoms. The summed E-state index contributed by atoms with van der Waals surface area (Å²) in [6, 6.07) is 2.03. The molecule has 0 radical (unpaired) electrons. The van der Waals surface area contributed by atoms with Gasteiger partial charge in [0.2, 0.25) is 0 Å². The molecule has 0 saturated carbocycles. The van der Waals surface area contributed by atoms with Crippen LogP contribution in [0.25, 0.3) is 11.3 Å². The van der Waals surface area contributed by atoms with Crippen LogP contribution >= 0.6 is 11.6 Å². The van der Waals surface area contributed by atoms with E-state index in [1.54, 1.807) is 0 Å². The number of halogens is 12. The highest BCUT2D eigenvalue weighted by molar-refractivity contribution is 6.31. The van der Waals surface area contributed by atoms with E-state index >= 15 is 0 Å². The van der Waals surface area contributed by atoms with Gasteiger partial charge < -0.3 is 4.52 Å². The molecule has 0 unspecified atom stereocenters. The Balaban J connectivity index is 2.62. The summed E-state index contributed by atoms with van der Waals surface area (Å²) in [5.41, 5.74) is -2.80. The van der Waals surface area contributed by atoms with Gasteiger partial charge in [0.15, 0.2) is 0 Å². The van der Waals surface area contributed by atoms with Gasteiger partial charge >= 0.3 is 29.9 Å². The first-order valence-electron chi connectivity index (χ1n) is 6.76. The molecule has 1 aromatic heterocycles. The third-order valence-corrected chi connectivity index (χ3v) is 3.75. The molecule has 0 aliphatic carbocycles. The van der Waals surface area contributed by atoms with Crippen LogP contribution < -0.4 is 0 Å². The van der Waals surface area contributed by atoms with Gasteiger partial charge in [-0.05, 0) is 18.2 Å². The highest BCUT2D eigenvalue weighted by Crippen LogP contribution is 2.60. The zero-order chi connectivity index (χ0) is 21.8. The third kappa shape index (κ3) is 3.18. The number of aromatic nitrogens is 1. The summed E-state index contributed by atoms with van der Waals surface area (Å²) in [6.45, 7) is 0. The number of rotatable bonds is 5. The fourth-order valence-corrected chi connectivity index (χ4v) is 2.27. The standard InChI is InChI=1S/C14H5ClF11NO/c15-8-4-6(9-1-2-28-27-9)3-7(5-8)10(16,17)11(18,19)12(20,21)13(22,23)14(24,25)26/h1-5H. The fraction of sp³-hybridized carbons (Fsp3) is 0.357. The lowest BCUT2D eigenvalue weighted by atomic mass is 9.92. The summed E-state index contributed by atoms with van der Waals surface area (Å²) in [5, 5.41) is 2.51. The van der Waals surface area contributed by atoms with Crippen LogP contribution in [0.1, 0.15) is 5.56 Å². The van der Waals surface area contributed by atoms with Gasteiger partial charge in [-0.15, -0.1) is 0 Å². The van der Waals surface area contributed by atoms with E-state index in [1.165, 1.54) is 0 Å². The van der Waals surface area contributed by atoms with Gasteiger partial charge in [0.25, 0.3) is 0 Å². The van der Waals surface area contributed by atoms with E-state index in [0.29, 0.717) is 0 Å². The maximum atomic E-state index is 14.1. The Hall–Kier alpha value is -2.05. The summed E-state index contributed by atoms with van der Waals surface area (Å²) >= 11 is 5.45. The van der Waals surface area contributed by atoms with E-state index in [-0.39, 0.29) is 17.8 Å². The van der Waals surface area contributed by atoms with Crippen LogP contribution in [-0.4, -0.2) is 29.1 Å². The van der Waals surface area contributed by atoms with Gasteiger partial charge in [-0.3, -0.25) is 0 Å². The van der Waals surface area contributed by atoms with Crippen molar-refractivity contribution in [3.63, 3.8) is 0 Å². The predicted octanol–water partition coefficient (Wildman–Crippen LogP) is 6.56. The molecule has 1 aromatic carbocycles. The molecule has 28 heavy (non-hydrogen) atoms. The van der Waals surface area contributed by atoms with Crippen LogP contribution in [0.4, 0.5) is 48.3 Å². The van der Waals surface area contributed by atoms with Crippen molar-refractivity contribution in [2.24, 2.45) is 0 Å². The summed E-state index contributed by atoms with van der Waals surface area (Å²) in [7, 11) is 0. The van der Waals surface area contributed by atoms with Crippen LogP contribution in [0, 0.1) is 0 Å². The predicted molar refractivity (Wildman–Crippen MR) is 71.7 cm³/mol. The Bertz CT molecular complexity index is 845. The highest BCUT2D eigenvalue weighted by Gasteiger charge is 2.87. The zero-order valence-corrected chi connectivity index (χ0v) is 13.5. The average Bonchev–Trinajstić information content (AvgIpc) is 3.07. The van der Waals surface area contributed by atoms with Crippen LogP contribution in [0.15, 0.2) is 35.1 Å². The second kappa shape index (κ2) is 6.49. The Morgan fingerprint density at radius 3 is 1.79 bits per heavy atom. The molecule has 0 amide bonds. The Morgan fingerprint density at radius 1 is 0.750 bits per heavy atom. The summed E-state index contributed by atoms with van der Waals surface area (Å²) < 4.78 is 149. The minimum absolute atomic E-state index is 0.0147. The zero-order valence-electron chi connectivity index (χ0n) is 12.8. The molecule has 0 saturated heterocycles. The lowest BCUT2D eigenvalue weighted by molar-refractivity contribution is -0.424. The molecule has 0 N–H and O–H groups in total. The first kappa shape index (κ1) is 22.2. The lowest BCUT2D eigenvalue weighted by Crippen LogP contribution is -2.65. The molecule has 0 aliphatic heterocycles. The number of benzene rings is 1. The number of hydrogen-bond donors (Lipinski definition) is 0. The van der Waals surface area contributed by atoms with Crippen molar-refractivity contribution in [2.45, 2.75) is 29.9 Å². The van der Waals surface area contributed by atoms with Crippen LogP contribution in [-0.2, 0) is 5.92 Å². The molecule has 1 heterocycles.